The van der Waals surface area contributed by atoms with Gasteiger partial charge >= 0.3 is 0 Å². The van der Waals surface area contributed by atoms with Crippen molar-refractivity contribution >= 4 is 15.9 Å². The van der Waals surface area contributed by atoms with Gasteiger partial charge in [0.1, 0.15) is 0 Å². The van der Waals surface area contributed by atoms with Gasteiger partial charge in [0.05, 0.1) is 12.7 Å². The summed E-state index contributed by atoms with van der Waals surface area (Å²) in [5.41, 5.74) is 1.37. The summed E-state index contributed by atoms with van der Waals surface area (Å²) in [6, 6.07) is 8.53. The smallest absolute Gasteiger partial charge is 0.0674 e. The zero-order valence-corrected chi connectivity index (χ0v) is 10.5. The Morgan fingerprint density at radius 2 is 2.13 bits per heavy atom. The van der Waals surface area contributed by atoms with Gasteiger partial charge in [0.25, 0.3) is 0 Å². The van der Waals surface area contributed by atoms with E-state index >= 15 is 0 Å². The van der Waals surface area contributed by atoms with Crippen LogP contribution in [0.4, 0.5) is 0 Å². The lowest BCUT2D eigenvalue weighted by molar-refractivity contribution is -0.0212. The Kier molecular flexibility index (Phi) is 3.78. The van der Waals surface area contributed by atoms with Crippen LogP contribution in [0.3, 0.4) is 0 Å². The first-order valence-corrected chi connectivity index (χ1v) is 6.12. The summed E-state index contributed by atoms with van der Waals surface area (Å²) in [6.45, 7) is 6.10. The molecule has 1 heterocycles. The minimum Gasteiger partial charge on any atom is -0.376 e. The third-order valence-corrected chi connectivity index (χ3v) is 3.17. The molecule has 1 aromatic carbocycles. The molecule has 1 saturated heterocycles. The largest absolute Gasteiger partial charge is 0.376 e. The highest BCUT2D eigenvalue weighted by atomic mass is 79.9. The average Bonchev–Trinajstić information content (AvgIpc) is 2.22. The summed E-state index contributed by atoms with van der Waals surface area (Å²) in [5, 5.41) is 0. The van der Waals surface area contributed by atoms with Crippen LogP contribution in [-0.4, -0.2) is 30.7 Å². The molecule has 15 heavy (non-hydrogen) atoms. The first-order chi connectivity index (χ1) is 7.24. The second-order valence-electron chi connectivity index (χ2n) is 4.04. The lowest BCUT2D eigenvalue weighted by Gasteiger charge is -2.31. The minimum atomic E-state index is 0.370. The Morgan fingerprint density at radius 1 is 1.40 bits per heavy atom. The molecule has 0 unspecified atom stereocenters. The predicted molar refractivity (Wildman–Crippen MR) is 64.8 cm³/mol. The van der Waals surface area contributed by atoms with Gasteiger partial charge in [0, 0.05) is 24.1 Å². The second kappa shape index (κ2) is 5.10. The number of benzene rings is 1. The molecule has 0 amide bonds. The lowest BCUT2D eigenvalue weighted by atomic mass is 10.2. The van der Waals surface area contributed by atoms with Crippen molar-refractivity contribution in [3.8, 4) is 0 Å². The third-order valence-electron chi connectivity index (χ3n) is 2.64. The predicted octanol–water partition coefficient (Wildman–Crippen LogP) is 2.67. The molecular weight excluding hydrogens is 254 g/mol. The van der Waals surface area contributed by atoms with E-state index in [1.165, 1.54) is 5.56 Å². The second-order valence-corrected chi connectivity index (χ2v) is 4.96. The summed E-state index contributed by atoms with van der Waals surface area (Å²) in [5.74, 6) is 0. The molecule has 0 spiro atoms. The summed E-state index contributed by atoms with van der Waals surface area (Å²) in [4.78, 5) is 2.44. The molecule has 1 aromatic rings. The molecule has 0 aliphatic carbocycles. The molecule has 3 heteroatoms. The topological polar surface area (TPSA) is 12.5 Å². The Labute approximate surface area is 99.4 Å². The maximum atomic E-state index is 5.52. The molecule has 0 saturated carbocycles. The van der Waals surface area contributed by atoms with Gasteiger partial charge in [-0.1, -0.05) is 28.1 Å². The molecule has 2 rings (SSSR count). The van der Waals surface area contributed by atoms with Crippen molar-refractivity contribution in [1.29, 1.82) is 0 Å². The van der Waals surface area contributed by atoms with Crippen LogP contribution in [0, 0.1) is 0 Å². The van der Waals surface area contributed by atoms with E-state index in [1.54, 1.807) is 0 Å². The van der Waals surface area contributed by atoms with Crippen LogP contribution >= 0.6 is 15.9 Å². The molecule has 0 bridgehead atoms. The van der Waals surface area contributed by atoms with Crippen LogP contribution < -0.4 is 0 Å². The number of morpholine rings is 1. The maximum Gasteiger partial charge on any atom is 0.0674 e. The van der Waals surface area contributed by atoms with Gasteiger partial charge in [0.2, 0.25) is 0 Å². The van der Waals surface area contributed by atoms with Gasteiger partial charge in [-0.2, -0.15) is 0 Å². The Bertz CT molecular complexity index is 312. The van der Waals surface area contributed by atoms with Crippen molar-refractivity contribution < 1.29 is 4.74 Å². The highest BCUT2D eigenvalue weighted by Gasteiger charge is 2.16. The Morgan fingerprint density at radius 3 is 2.80 bits per heavy atom. The van der Waals surface area contributed by atoms with Crippen molar-refractivity contribution in [3.05, 3.63) is 34.3 Å². The zero-order valence-electron chi connectivity index (χ0n) is 8.95. The molecule has 82 valence electrons. The molecule has 1 aliphatic heterocycles. The summed E-state index contributed by atoms with van der Waals surface area (Å²) < 4.78 is 6.66. The molecule has 0 aromatic heterocycles. The fourth-order valence-corrected chi connectivity index (χ4v) is 2.15. The summed E-state index contributed by atoms with van der Waals surface area (Å²) >= 11 is 3.45. The van der Waals surface area contributed by atoms with E-state index in [-0.39, 0.29) is 0 Å². The van der Waals surface area contributed by atoms with E-state index in [0.717, 1.165) is 30.7 Å². The molecule has 1 fully saturated rings. The fraction of sp³-hybridized carbons (Fsp3) is 0.500. The Balaban J connectivity index is 1.93. The Hall–Kier alpha value is -0.380. The van der Waals surface area contributed by atoms with Crippen LogP contribution in [0.1, 0.15) is 12.5 Å². The molecule has 1 aliphatic rings. The zero-order chi connectivity index (χ0) is 10.7. The van der Waals surface area contributed by atoms with E-state index in [0.29, 0.717) is 6.10 Å². The number of halogens is 1. The molecule has 0 N–H and O–H groups in total. The number of hydrogen-bond acceptors (Lipinski definition) is 2. The van der Waals surface area contributed by atoms with E-state index in [1.807, 2.05) is 0 Å². The van der Waals surface area contributed by atoms with E-state index < -0.39 is 0 Å². The summed E-state index contributed by atoms with van der Waals surface area (Å²) in [6.07, 6.45) is 0.370. The first-order valence-electron chi connectivity index (χ1n) is 5.32. The van der Waals surface area contributed by atoms with Gasteiger partial charge in [-0.15, -0.1) is 0 Å². The lowest BCUT2D eigenvalue weighted by Crippen LogP contribution is -2.40. The maximum absolute atomic E-state index is 5.52. The van der Waals surface area contributed by atoms with Crippen molar-refractivity contribution in [3.63, 3.8) is 0 Å². The molecule has 0 radical (unpaired) electrons. The third kappa shape index (κ3) is 3.30. The quantitative estimate of drug-likeness (QED) is 0.819. The monoisotopic (exact) mass is 269 g/mol. The highest BCUT2D eigenvalue weighted by Crippen LogP contribution is 2.14. The van der Waals surface area contributed by atoms with Crippen LogP contribution in [0.25, 0.3) is 0 Å². The van der Waals surface area contributed by atoms with Gasteiger partial charge in [-0.25, -0.2) is 0 Å². The van der Waals surface area contributed by atoms with Crippen molar-refractivity contribution in [2.24, 2.45) is 0 Å². The van der Waals surface area contributed by atoms with Crippen LogP contribution in [-0.2, 0) is 11.3 Å². The molecular formula is C12H16BrNO. The average molecular weight is 270 g/mol. The number of rotatable bonds is 2. The van der Waals surface area contributed by atoms with Crippen LogP contribution in [0.15, 0.2) is 28.7 Å². The molecule has 2 nitrogen and oxygen atoms in total. The van der Waals surface area contributed by atoms with Gasteiger partial charge in [0.15, 0.2) is 0 Å². The van der Waals surface area contributed by atoms with E-state index in [9.17, 15) is 0 Å². The fourth-order valence-electron chi connectivity index (χ4n) is 1.88. The minimum absolute atomic E-state index is 0.370. The number of hydrogen-bond donors (Lipinski definition) is 0. The van der Waals surface area contributed by atoms with Gasteiger partial charge in [-0.3, -0.25) is 4.90 Å². The normalized spacial score (nSPS) is 22.9. The van der Waals surface area contributed by atoms with Crippen LogP contribution in [0.2, 0.25) is 0 Å². The number of ether oxygens (including phenoxy) is 1. The summed E-state index contributed by atoms with van der Waals surface area (Å²) in [7, 11) is 0. The van der Waals surface area contributed by atoms with E-state index in [2.05, 4.69) is 52.0 Å². The number of nitrogens with zero attached hydrogens (tertiary/aromatic N) is 1. The SMILES string of the molecule is C[C@H]1CN(Cc2ccc(Br)cc2)CCO1. The first kappa shape index (κ1) is 11.1. The van der Waals surface area contributed by atoms with Gasteiger partial charge in [-0.05, 0) is 24.6 Å². The van der Waals surface area contributed by atoms with E-state index in [4.69, 9.17) is 4.74 Å². The highest BCUT2D eigenvalue weighted by molar-refractivity contribution is 9.10. The standard InChI is InChI=1S/C12H16BrNO/c1-10-8-14(6-7-15-10)9-11-2-4-12(13)5-3-11/h2-5,10H,6-9H2,1H3/t10-/m0/s1. The van der Waals surface area contributed by atoms with Crippen molar-refractivity contribution in [2.75, 3.05) is 19.7 Å². The van der Waals surface area contributed by atoms with Crippen molar-refractivity contribution in [1.82, 2.24) is 4.90 Å². The molecule has 1 atom stereocenters. The van der Waals surface area contributed by atoms with Gasteiger partial charge < -0.3 is 4.74 Å². The van der Waals surface area contributed by atoms with Crippen LogP contribution in [0.5, 0.6) is 0 Å². The van der Waals surface area contributed by atoms with Crippen molar-refractivity contribution in [2.45, 2.75) is 19.6 Å².